The molecule has 1 aliphatic heterocycles. The summed E-state index contributed by atoms with van der Waals surface area (Å²) < 4.78 is 18.5. The van der Waals surface area contributed by atoms with Crippen LogP contribution in [0, 0.1) is 5.82 Å². The summed E-state index contributed by atoms with van der Waals surface area (Å²) in [4.78, 5) is 2.33. The Morgan fingerprint density at radius 1 is 1.50 bits per heavy atom. The Bertz CT molecular complexity index is 348. The third-order valence-electron chi connectivity index (χ3n) is 2.80. The number of hydrogen-bond acceptors (Lipinski definition) is 2. The number of hydrogen-bond donors (Lipinski definition) is 0. The lowest BCUT2D eigenvalue weighted by molar-refractivity contribution is -0.00215. The van der Waals surface area contributed by atoms with Crippen LogP contribution in [-0.2, 0) is 11.3 Å². The molecule has 0 spiro atoms. The zero-order valence-electron chi connectivity index (χ0n) is 9.03. The fourth-order valence-electron chi connectivity index (χ4n) is 1.91. The van der Waals surface area contributed by atoms with Gasteiger partial charge in [0.15, 0.2) is 0 Å². The lowest BCUT2D eigenvalue weighted by Crippen LogP contribution is -2.45. The minimum Gasteiger partial charge on any atom is -0.378 e. The maximum absolute atomic E-state index is 13.0. The normalized spacial score (nSPS) is 22.2. The zero-order chi connectivity index (χ0) is 11.4. The summed E-state index contributed by atoms with van der Waals surface area (Å²) in [6.07, 6.45) is 0. The van der Waals surface area contributed by atoms with Crippen LogP contribution >= 0.6 is 15.9 Å². The third-order valence-corrected chi connectivity index (χ3v) is 3.55. The SMILES string of the molecule is Fc1cccc(CN2CCOCC2CBr)c1. The van der Waals surface area contributed by atoms with Gasteiger partial charge in [0.2, 0.25) is 0 Å². The Morgan fingerprint density at radius 2 is 2.38 bits per heavy atom. The Morgan fingerprint density at radius 3 is 3.12 bits per heavy atom. The van der Waals surface area contributed by atoms with E-state index in [-0.39, 0.29) is 5.82 Å². The Balaban J connectivity index is 2.02. The predicted molar refractivity (Wildman–Crippen MR) is 65.2 cm³/mol. The number of rotatable bonds is 3. The number of alkyl halides is 1. The summed E-state index contributed by atoms with van der Waals surface area (Å²) in [7, 11) is 0. The molecule has 1 saturated heterocycles. The lowest BCUT2D eigenvalue weighted by Gasteiger charge is -2.34. The van der Waals surface area contributed by atoms with Gasteiger partial charge in [-0.2, -0.15) is 0 Å². The van der Waals surface area contributed by atoms with Crippen molar-refractivity contribution >= 4 is 15.9 Å². The van der Waals surface area contributed by atoms with E-state index < -0.39 is 0 Å². The molecule has 0 bridgehead atoms. The zero-order valence-corrected chi connectivity index (χ0v) is 10.6. The molecule has 0 radical (unpaired) electrons. The van der Waals surface area contributed by atoms with E-state index in [1.807, 2.05) is 6.07 Å². The average Bonchev–Trinajstić information content (AvgIpc) is 2.30. The van der Waals surface area contributed by atoms with Gasteiger partial charge in [0.1, 0.15) is 5.82 Å². The standard InChI is InChI=1S/C12H15BrFNO/c13-7-12-9-16-5-4-15(12)8-10-2-1-3-11(14)6-10/h1-3,6,12H,4-5,7-9H2. The molecule has 1 aliphatic rings. The molecule has 16 heavy (non-hydrogen) atoms. The second-order valence-corrected chi connectivity index (χ2v) is 4.63. The highest BCUT2D eigenvalue weighted by atomic mass is 79.9. The Hall–Kier alpha value is -0.450. The van der Waals surface area contributed by atoms with Crippen LogP contribution in [0.1, 0.15) is 5.56 Å². The molecule has 1 aromatic rings. The van der Waals surface area contributed by atoms with Crippen molar-refractivity contribution in [2.75, 3.05) is 25.1 Å². The Kier molecular flexibility index (Phi) is 4.32. The second-order valence-electron chi connectivity index (χ2n) is 3.98. The van der Waals surface area contributed by atoms with E-state index in [1.54, 1.807) is 12.1 Å². The first-order valence-electron chi connectivity index (χ1n) is 5.42. The van der Waals surface area contributed by atoms with Crippen LogP contribution in [0.2, 0.25) is 0 Å². The molecular weight excluding hydrogens is 273 g/mol. The molecule has 0 amide bonds. The number of ether oxygens (including phenoxy) is 1. The van der Waals surface area contributed by atoms with E-state index in [1.165, 1.54) is 6.07 Å². The minimum absolute atomic E-state index is 0.166. The Labute approximate surface area is 104 Å². The van der Waals surface area contributed by atoms with Gasteiger partial charge in [-0.3, -0.25) is 4.90 Å². The van der Waals surface area contributed by atoms with E-state index >= 15 is 0 Å². The number of nitrogens with zero attached hydrogens (tertiary/aromatic N) is 1. The van der Waals surface area contributed by atoms with Gasteiger partial charge in [0, 0.05) is 24.5 Å². The highest BCUT2D eigenvalue weighted by molar-refractivity contribution is 9.09. The number of morpholine rings is 1. The van der Waals surface area contributed by atoms with E-state index in [0.717, 1.165) is 37.2 Å². The molecule has 1 fully saturated rings. The summed E-state index contributed by atoms with van der Waals surface area (Å²) >= 11 is 3.48. The van der Waals surface area contributed by atoms with E-state index in [4.69, 9.17) is 4.74 Å². The van der Waals surface area contributed by atoms with Crippen molar-refractivity contribution in [1.82, 2.24) is 4.90 Å². The highest BCUT2D eigenvalue weighted by Gasteiger charge is 2.21. The van der Waals surface area contributed by atoms with Crippen LogP contribution in [0.15, 0.2) is 24.3 Å². The summed E-state index contributed by atoms with van der Waals surface area (Å²) in [6, 6.07) is 7.18. The van der Waals surface area contributed by atoms with Crippen LogP contribution in [0.4, 0.5) is 4.39 Å². The molecule has 0 saturated carbocycles. The van der Waals surface area contributed by atoms with Gasteiger partial charge in [-0.15, -0.1) is 0 Å². The molecule has 0 aromatic heterocycles. The van der Waals surface area contributed by atoms with Crippen molar-refractivity contribution in [2.45, 2.75) is 12.6 Å². The molecule has 4 heteroatoms. The van der Waals surface area contributed by atoms with Gasteiger partial charge in [-0.25, -0.2) is 4.39 Å². The first kappa shape index (κ1) is 12.0. The first-order chi connectivity index (χ1) is 7.79. The van der Waals surface area contributed by atoms with E-state index in [0.29, 0.717) is 6.04 Å². The molecule has 1 unspecified atom stereocenters. The van der Waals surface area contributed by atoms with Crippen molar-refractivity contribution in [2.24, 2.45) is 0 Å². The van der Waals surface area contributed by atoms with Crippen LogP contribution in [0.3, 0.4) is 0 Å². The van der Waals surface area contributed by atoms with Crippen LogP contribution in [0.5, 0.6) is 0 Å². The monoisotopic (exact) mass is 287 g/mol. The maximum Gasteiger partial charge on any atom is 0.123 e. The van der Waals surface area contributed by atoms with Crippen molar-refractivity contribution in [3.8, 4) is 0 Å². The molecule has 0 aliphatic carbocycles. The van der Waals surface area contributed by atoms with Crippen molar-refractivity contribution in [3.05, 3.63) is 35.6 Å². The first-order valence-corrected chi connectivity index (χ1v) is 6.54. The van der Waals surface area contributed by atoms with Gasteiger partial charge in [-0.1, -0.05) is 28.1 Å². The molecule has 1 heterocycles. The quantitative estimate of drug-likeness (QED) is 0.792. The molecule has 0 N–H and O–H groups in total. The lowest BCUT2D eigenvalue weighted by atomic mass is 10.1. The molecule has 2 nitrogen and oxygen atoms in total. The molecular formula is C12H15BrFNO. The van der Waals surface area contributed by atoms with Crippen LogP contribution in [0.25, 0.3) is 0 Å². The third kappa shape index (κ3) is 3.03. The predicted octanol–water partition coefficient (Wildman–Crippen LogP) is 2.42. The minimum atomic E-state index is -0.166. The maximum atomic E-state index is 13.0. The van der Waals surface area contributed by atoms with E-state index in [9.17, 15) is 4.39 Å². The topological polar surface area (TPSA) is 12.5 Å². The van der Waals surface area contributed by atoms with E-state index in [2.05, 4.69) is 20.8 Å². The summed E-state index contributed by atoms with van der Waals surface area (Å²) in [6.45, 7) is 3.21. The molecule has 88 valence electrons. The van der Waals surface area contributed by atoms with Gasteiger partial charge in [0.05, 0.1) is 13.2 Å². The number of halogens is 2. The van der Waals surface area contributed by atoms with Gasteiger partial charge in [0.25, 0.3) is 0 Å². The fourth-order valence-corrected chi connectivity index (χ4v) is 2.51. The largest absolute Gasteiger partial charge is 0.378 e. The molecule has 1 atom stereocenters. The van der Waals surface area contributed by atoms with Crippen LogP contribution < -0.4 is 0 Å². The summed E-state index contributed by atoms with van der Waals surface area (Å²) in [5, 5.41) is 0.891. The van der Waals surface area contributed by atoms with Crippen molar-refractivity contribution in [1.29, 1.82) is 0 Å². The van der Waals surface area contributed by atoms with Gasteiger partial charge < -0.3 is 4.74 Å². The second kappa shape index (κ2) is 5.75. The van der Waals surface area contributed by atoms with Crippen LogP contribution in [-0.4, -0.2) is 36.0 Å². The van der Waals surface area contributed by atoms with Crippen molar-refractivity contribution < 1.29 is 9.13 Å². The average molecular weight is 288 g/mol. The molecule has 2 rings (SSSR count). The highest BCUT2D eigenvalue weighted by Crippen LogP contribution is 2.14. The summed E-state index contributed by atoms with van der Waals surface area (Å²) in [5.41, 5.74) is 1.02. The van der Waals surface area contributed by atoms with Gasteiger partial charge in [-0.05, 0) is 17.7 Å². The molecule has 1 aromatic carbocycles. The fraction of sp³-hybridized carbons (Fsp3) is 0.500. The van der Waals surface area contributed by atoms with Crippen molar-refractivity contribution in [3.63, 3.8) is 0 Å². The van der Waals surface area contributed by atoms with Gasteiger partial charge >= 0.3 is 0 Å². The number of benzene rings is 1. The summed E-state index contributed by atoms with van der Waals surface area (Å²) in [5.74, 6) is -0.166. The smallest absolute Gasteiger partial charge is 0.123 e.